The van der Waals surface area contributed by atoms with Crippen molar-refractivity contribution in [3.05, 3.63) is 50.6 Å². The Kier molecular flexibility index (Phi) is 5.33. The quantitative estimate of drug-likeness (QED) is 0.778. The minimum atomic E-state index is 0.00856. The summed E-state index contributed by atoms with van der Waals surface area (Å²) in [6, 6.07) is 3.61. The molecule has 3 nitrogen and oxygen atoms in total. The molecule has 2 rings (SSSR count). The van der Waals surface area contributed by atoms with E-state index in [2.05, 4.69) is 10.3 Å². The highest BCUT2D eigenvalue weighted by Gasteiger charge is 2.14. The van der Waals surface area contributed by atoms with Gasteiger partial charge in [0.1, 0.15) is 5.76 Å². The molecule has 0 saturated heterocycles. The fraction of sp³-hybridized carbons (Fsp3) is 0.357. The van der Waals surface area contributed by atoms with Crippen molar-refractivity contribution in [3.63, 3.8) is 0 Å². The number of hydrogen-bond donors (Lipinski definition) is 1. The van der Waals surface area contributed by atoms with Crippen LogP contribution >= 0.6 is 34.8 Å². The number of aryl methyl sites for hydroxylation is 1. The number of nitrogens with zero attached hydrogens (tertiary/aromatic N) is 1. The summed E-state index contributed by atoms with van der Waals surface area (Å²) in [6.45, 7) is 4.54. The highest BCUT2D eigenvalue weighted by Crippen LogP contribution is 2.35. The van der Waals surface area contributed by atoms with E-state index in [1.165, 1.54) is 0 Å². The Morgan fingerprint density at radius 3 is 2.65 bits per heavy atom. The predicted octanol–water partition coefficient (Wildman–Crippen LogP) is 5.05. The number of nitrogens with one attached hydrogen (secondary N) is 1. The molecule has 0 spiro atoms. The van der Waals surface area contributed by atoms with Gasteiger partial charge in [0.05, 0.1) is 27.8 Å². The molecule has 20 heavy (non-hydrogen) atoms. The third kappa shape index (κ3) is 3.47. The Labute approximate surface area is 133 Å². The van der Waals surface area contributed by atoms with E-state index >= 15 is 0 Å². The number of oxazole rings is 1. The standard InChI is InChI=1S/C14H15Cl3N2O/c1-3-9-6-19-12(20-9)7-18-8(2)10-4-5-11(15)14(17)13(10)16/h4-6,8,18H,3,7H2,1-2H3. The summed E-state index contributed by atoms with van der Waals surface area (Å²) >= 11 is 18.2. The van der Waals surface area contributed by atoms with E-state index in [1.54, 1.807) is 12.3 Å². The van der Waals surface area contributed by atoms with E-state index in [-0.39, 0.29) is 6.04 Å². The van der Waals surface area contributed by atoms with Crippen molar-refractivity contribution in [2.75, 3.05) is 0 Å². The van der Waals surface area contributed by atoms with E-state index in [0.717, 1.165) is 17.7 Å². The van der Waals surface area contributed by atoms with Crippen LogP contribution in [-0.4, -0.2) is 4.98 Å². The van der Waals surface area contributed by atoms with Gasteiger partial charge in [0.2, 0.25) is 5.89 Å². The van der Waals surface area contributed by atoms with Gasteiger partial charge in [0.25, 0.3) is 0 Å². The number of rotatable bonds is 5. The zero-order valence-corrected chi connectivity index (χ0v) is 13.5. The van der Waals surface area contributed by atoms with E-state index in [4.69, 9.17) is 39.2 Å². The van der Waals surface area contributed by atoms with Gasteiger partial charge in [-0.3, -0.25) is 0 Å². The van der Waals surface area contributed by atoms with E-state index < -0.39 is 0 Å². The third-order valence-electron chi connectivity index (χ3n) is 3.04. The Morgan fingerprint density at radius 2 is 2.00 bits per heavy atom. The number of halogens is 3. The molecule has 0 bridgehead atoms. The molecule has 0 aliphatic rings. The molecule has 1 aromatic carbocycles. The van der Waals surface area contributed by atoms with Gasteiger partial charge in [0.15, 0.2) is 0 Å². The van der Waals surface area contributed by atoms with Crippen molar-refractivity contribution in [1.82, 2.24) is 10.3 Å². The fourth-order valence-electron chi connectivity index (χ4n) is 1.82. The Bertz CT molecular complexity index is 598. The van der Waals surface area contributed by atoms with Gasteiger partial charge < -0.3 is 9.73 Å². The van der Waals surface area contributed by atoms with Crippen molar-refractivity contribution < 1.29 is 4.42 Å². The SMILES string of the molecule is CCc1cnc(CNC(C)c2ccc(Cl)c(Cl)c2Cl)o1. The molecule has 1 N–H and O–H groups in total. The largest absolute Gasteiger partial charge is 0.444 e. The second-order valence-corrected chi connectivity index (χ2v) is 5.60. The molecule has 0 fully saturated rings. The fourth-order valence-corrected chi connectivity index (χ4v) is 2.53. The monoisotopic (exact) mass is 332 g/mol. The highest BCUT2D eigenvalue weighted by molar-refractivity contribution is 6.48. The van der Waals surface area contributed by atoms with Gasteiger partial charge in [-0.15, -0.1) is 0 Å². The van der Waals surface area contributed by atoms with Crippen molar-refractivity contribution >= 4 is 34.8 Å². The first kappa shape index (κ1) is 15.6. The lowest BCUT2D eigenvalue weighted by Gasteiger charge is -2.15. The van der Waals surface area contributed by atoms with Gasteiger partial charge in [-0.05, 0) is 18.6 Å². The summed E-state index contributed by atoms with van der Waals surface area (Å²) in [7, 11) is 0. The van der Waals surface area contributed by atoms with Crippen molar-refractivity contribution in [3.8, 4) is 0 Å². The highest BCUT2D eigenvalue weighted by atomic mass is 35.5. The Balaban J connectivity index is 2.05. The second kappa shape index (κ2) is 6.81. The number of benzene rings is 1. The lowest BCUT2D eigenvalue weighted by atomic mass is 10.1. The third-order valence-corrected chi connectivity index (χ3v) is 4.35. The molecule has 6 heteroatoms. The first-order chi connectivity index (χ1) is 9.52. The molecule has 1 unspecified atom stereocenters. The van der Waals surface area contributed by atoms with Crippen LogP contribution in [0.1, 0.15) is 37.1 Å². The molecule has 108 valence electrons. The summed E-state index contributed by atoms with van der Waals surface area (Å²) < 4.78 is 5.54. The molecule has 2 aromatic rings. The smallest absolute Gasteiger partial charge is 0.208 e. The second-order valence-electron chi connectivity index (χ2n) is 4.44. The molecule has 0 amide bonds. The van der Waals surface area contributed by atoms with Gasteiger partial charge in [0, 0.05) is 12.5 Å². The van der Waals surface area contributed by atoms with E-state index in [0.29, 0.717) is 27.5 Å². The Hall–Kier alpha value is -0.740. The van der Waals surface area contributed by atoms with Gasteiger partial charge in [-0.2, -0.15) is 0 Å². The molecular weight excluding hydrogens is 319 g/mol. The summed E-state index contributed by atoms with van der Waals surface area (Å²) in [5.41, 5.74) is 0.892. The molecule has 0 aliphatic carbocycles. The van der Waals surface area contributed by atoms with Crippen molar-refractivity contribution in [2.45, 2.75) is 32.9 Å². The number of aromatic nitrogens is 1. The van der Waals surface area contributed by atoms with E-state index in [9.17, 15) is 0 Å². The predicted molar refractivity (Wildman–Crippen MR) is 82.6 cm³/mol. The summed E-state index contributed by atoms with van der Waals surface area (Å²) in [5, 5.41) is 4.60. The maximum atomic E-state index is 6.21. The van der Waals surface area contributed by atoms with Crippen LogP contribution in [0.2, 0.25) is 15.1 Å². The lowest BCUT2D eigenvalue weighted by molar-refractivity contribution is 0.424. The van der Waals surface area contributed by atoms with Crippen LogP contribution in [-0.2, 0) is 13.0 Å². The van der Waals surface area contributed by atoms with E-state index in [1.807, 2.05) is 19.9 Å². The molecule has 0 radical (unpaired) electrons. The molecule has 1 heterocycles. The van der Waals surface area contributed by atoms with Crippen LogP contribution in [0.4, 0.5) is 0 Å². The maximum Gasteiger partial charge on any atom is 0.208 e. The lowest BCUT2D eigenvalue weighted by Crippen LogP contribution is -2.18. The Morgan fingerprint density at radius 1 is 1.25 bits per heavy atom. The zero-order chi connectivity index (χ0) is 14.7. The average molecular weight is 334 g/mol. The van der Waals surface area contributed by atoms with Gasteiger partial charge in [-0.1, -0.05) is 47.8 Å². The molecule has 1 atom stereocenters. The summed E-state index contributed by atoms with van der Waals surface area (Å²) in [6.07, 6.45) is 2.58. The first-order valence-electron chi connectivity index (χ1n) is 6.33. The van der Waals surface area contributed by atoms with Crippen LogP contribution in [0.15, 0.2) is 22.7 Å². The zero-order valence-electron chi connectivity index (χ0n) is 11.2. The van der Waals surface area contributed by atoms with Crippen molar-refractivity contribution in [2.24, 2.45) is 0 Å². The van der Waals surface area contributed by atoms with Crippen LogP contribution in [0, 0.1) is 0 Å². The molecule has 1 aromatic heterocycles. The maximum absolute atomic E-state index is 6.21. The van der Waals surface area contributed by atoms with Gasteiger partial charge in [-0.25, -0.2) is 4.98 Å². The minimum absolute atomic E-state index is 0.00856. The molecule has 0 saturated carbocycles. The topological polar surface area (TPSA) is 38.1 Å². The van der Waals surface area contributed by atoms with Crippen LogP contribution < -0.4 is 5.32 Å². The molecular formula is C14H15Cl3N2O. The van der Waals surface area contributed by atoms with Crippen LogP contribution in [0.5, 0.6) is 0 Å². The summed E-state index contributed by atoms with van der Waals surface area (Å²) in [5.74, 6) is 1.53. The number of hydrogen-bond acceptors (Lipinski definition) is 3. The normalized spacial score (nSPS) is 12.7. The first-order valence-corrected chi connectivity index (χ1v) is 7.46. The van der Waals surface area contributed by atoms with Crippen molar-refractivity contribution in [1.29, 1.82) is 0 Å². The summed E-state index contributed by atoms with van der Waals surface area (Å²) in [4.78, 5) is 4.20. The van der Waals surface area contributed by atoms with Crippen LogP contribution in [0.3, 0.4) is 0 Å². The average Bonchev–Trinajstić information content (AvgIpc) is 2.90. The van der Waals surface area contributed by atoms with Gasteiger partial charge >= 0.3 is 0 Å². The van der Waals surface area contributed by atoms with Crippen LogP contribution in [0.25, 0.3) is 0 Å². The minimum Gasteiger partial charge on any atom is -0.444 e. The molecule has 0 aliphatic heterocycles.